The number of rotatable bonds is 15. The van der Waals surface area contributed by atoms with Crippen molar-refractivity contribution in [3.05, 3.63) is 116 Å². The van der Waals surface area contributed by atoms with E-state index >= 15 is 0 Å². The lowest BCUT2D eigenvalue weighted by molar-refractivity contribution is -0.167. The lowest BCUT2D eigenvalue weighted by atomic mass is 9.79. The lowest BCUT2D eigenvalue weighted by Crippen LogP contribution is -2.52. The van der Waals surface area contributed by atoms with E-state index in [4.69, 9.17) is 32.7 Å². The summed E-state index contributed by atoms with van der Waals surface area (Å²) in [5.41, 5.74) is 0.137. The van der Waals surface area contributed by atoms with E-state index in [0.29, 0.717) is 49.2 Å². The van der Waals surface area contributed by atoms with E-state index in [0.717, 1.165) is 37.8 Å². The van der Waals surface area contributed by atoms with Gasteiger partial charge in [0.2, 0.25) is 34.3 Å². The second-order valence-electron chi connectivity index (χ2n) is 15.6. The highest BCUT2D eigenvalue weighted by Crippen LogP contribution is 2.41. The third-order valence-electron chi connectivity index (χ3n) is 10.7. The smallest absolute Gasteiger partial charge is 0.304 e. The minimum absolute atomic E-state index is 0.159. The standard InChI is InChI=1S/C46H54Cl2N2O8/c1-11-27(3)21-29(5)15-17-33-23-35-37(41(53)45(9,57-31(7)51)43(55)39(35)47)25-49(33)19-13-14-20-50-26-38-36(24-34(50)18-16-30(6)22-28(4)12-2)40(48)44(56)46(10,42(38)54)58-32(8)52/h15-18,21-28H,11-14,19-20H2,1-10H3/t27-,28-,45+,46+/m0/s1. The van der Waals surface area contributed by atoms with Gasteiger partial charge in [-0.15, -0.1) is 0 Å². The number of ketones is 4. The maximum atomic E-state index is 13.8. The molecule has 0 aromatic rings. The van der Waals surface area contributed by atoms with Gasteiger partial charge < -0.3 is 19.3 Å². The molecule has 2 aliphatic heterocycles. The van der Waals surface area contributed by atoms with E-state index in [1.54, 1.807) is 24.6 Å². The summed E-state index contributed by atoms with van der Waals surface area (Å²) in [6.07, 6.45) is 22.0. The monoisotopic (exact) mass is 832 g/mol. The lowest BCUT2D eigenvalue weighted by Gasteiger charge is -2.36. The summed E-state index contributed by atoms with van der Waals surface area (Å²) in [5.74, 6) is -3.72. The first-order chi connectivity index (χ1) is 27.2. The number of esters is 2. The quantitative estimate of drug-likeness (QED) is 0.0683. The van der Waals surface area contributed by atoms with E-state index in [2.05, 4.69) is 39.8 Å². The highest BCUT2D eigenvalue weighted by atomic mass is 35.5. The number of halogens is 2. The molecule has 12 heteroatoms. The van der Waals surface area contributed by atoms with Gasteiger partial charge >= 0.3 is 11.9 Å². The molecule has 0 unspecified atom stereocenters. The number of unbranched alkanes of at least 4 members (excludes halogenated alkanes) is 1. The van der Waals surface area contributed by atoms with Crippen LogP contribution in [0.15, 0.2) is 116 Å². The molecule has 0 fully saturated rings. The molecule has 310 valence electrons. The van der Waals surface area contributed by atoms with Crippen molar-refractivity contribution < 1.29 is 38.2 Å². The van der Waals surface area contributed by atoms with Crippen molar-refractivity contribution in [2.45, 2.75) is 106 Å². The molecule has 10 nitrogen and oxygen atoms in total. The second kappa shape index (κ2) is 18.9. The van der Waals surface area contributed by atoms with Crippen molar-refractivity contribution >= 4 is 58.3 Å². The molecule has 0 saturated heterocycles. The van der Waals surface area contributed by atoms with Gasteiger partial charge in [-0.2, -0.15) is 0 Å². The average Bonchev–Trinajstić information content (AvgIpc) is 3.17. The number of Topliss-reactive ketones (excluding diaryl/α,β-unsaturated/α-hetero) is 4. The van der Waals surface area contributed by atoms with Crippen LogP contribution in [0.5, 0.6) is 0 Å². The van der Waals surface area contributed by atoms with E-state index in [1.165, 1.54) is 13.8 Å². The summed E-state index contributed by atoms with van der Waals surface area (Å²) in [4.78, 5) is 82.1. The highest BCUT2D eigenvalue weighted by Gasteiger charge is 2.53. The molecule has 4 aliphatic rings. The van der Waals surface area contributed by atoms with Crippen LogP contribution in [0.4, 0.5) is 0 Å². The van der Waals surface area contributed by atoms with E-state index in [-0.39, 0.29) is 32.4 Å². The number of ether oxygens (including phenoxy) is 2. The van der Waals surface area contributed by atoms with Gasteiger partial charge in [-0.05, 0) is 76.7 Å². The van der Waals surface area contributed by atoms with Crippen LogP contribution in [-0.2, 0) is 38.2 Å². The molecule has 0 aromatic heterocycles. The second-order valence-corrected chi connectivity index (χ2v) is 16.4. The predicted octanol–water partition coefficient (Wildman–Crippen LogP) is 8.96. The van der Waals surface area contributed by atoms with Crippen molar-refractivity contribution in [2.24, 2.45) is 11.8 Å². The maximum absolute atomic E-state index is 13.8. The molecule has 0 aromatic carbocycles. The molecular weight excluding hydrogens is 779 g/mol. The van der Waals surface area contributed by atoms with Gasteiger partial charge in [-0.1, -0.05) is 99.2 Å². The zero-order chi connectivity index (χ0) is 43.3. The van der Waals surface area contributed by atoms with Gasteiger partial charge in [0.05, 0.1) is 10.1 Å². The minimum Gasteiger partial charge on any atom is -0.443 e. The van der Waals surface area contributed by atoms with Crippen LogP contribution in [0.2, 0.25) is 0 Å². The summed E-state index contributed by atoms with van der Waals surface area (Å²) >= 11 is 13.2. The van der Waals surface area contributed by atoms with Crippen LogP contribution < -0.4 is 0 Å². The molecule has 2 heterocycles. The maximum Gasteiger partial charge on any atom is 0.304 e. The number of hydrogen-bond donors (Lipinski definition) is 0. The first-order valence-corrected chi connectivity index (χ1v) is 20.5. The Labute approximate surface area is 352 Å². The van der Waals surface area contributed by atoms with E-state index in [1.807, 2.05) is 48.0 Å². The van der Waals surface area contributed by atoms with Crippen molar-refractivity contribution in [3.63, 3.8) is 0 Å². The molecule has 4 rings (SSSR count). The molecule has 0 amide bonds. The van der Waals surface area contributed by atoms with Crippen molar-refractivity contribution in [3.8, 4) is 0 Å². The van der Waals surface area contributed by atoms with Crippen molar-refractivity contribution in [2.75, 3.05) is 13.1 Å². The Kier molecular flexibility index (Phi) is 14.9. The first kappa shape index (κ1) is 45.9. The van der Waals surface area contributed by atoms with E-state index < -0.39 is 46.3 Å². The Morgan fingerprint density at radius 1 is 0.655 bits per heavy atom. The fraction of sp³-hybridized carbons (Fsp3) is 0.435. The normalized spacial score (nSPS) is 24.1. The Bertz CT molecular complexity index is 1960. The molecule has 0 saturated carbocycles. The van der Waals surface area contributed by atoms with E-state index in [9.17, 15) is 28.8 Å². The first-order valence-electron chi connectivity index (χ1n) is 19.7. The SMILES string of the molecule is CC[C@H](C)C=C(C)C=CC1=CC2=C(Cl)C(=O)[C@](C)(OC(C)=O)C(=O)C2=CN1CCCCN1C=C2C(=O)[C@@](C)(OC(C)=O)C(=O)C(Cl)=C2C=C1C=CC(C)=C[C@@H](C)CC. The fourth-order valence-electron chi connectivity index (χ4n) is 7.00. The van der Waals surface area contributed by atoms with Crippen LogP contribution in [0.3, 0.4) is 0 Å². The number of carbonyl (C=O) groups is 6. The Morgan fingerprint density at radius 2 is 1.00 bits per heavy atom. The van der Waals surface area contributed by atoms with Crippen molar-refractivity contribution in [1.29, 1.82) is 0 Å². The minimum atomic E-state index is -2.09. The molecule has 0 radical (unpaired) electrons. The van der Waals surface area contributed by atoms with Crippen LogP contribution in [0, 0.1) is 11.8 Å². The molecule has 0 spiro atoms. The molecule has 0 bridgehead atoms. The number of fused-ring (bicyclic) bond motifs is 2. The van der Waals surface area contributed by atoms with Crippen LogP contribution in [-0.4, -0.2) is 69.2 Å². The topological polar surface area (TPSA) is 127 Å². The Hall–Kier alpha value is -4.80. The van der Waals surface area contributed by atoms with Crippen LogP contribution >= 0.6 is 23.2 Å². The third kappa shape index (κ3) is 9.89. The summed E-state index contributed by atoms with van der Waals surface area (Å²) in [7, 11) is 0. The number of nitrogens with zero attached hydrogens (tertiary/aromatic N) is 2. The van der Waals surface area contributed by atoms with Crippen molar-refractivity contribution in [1.82, 2.24) is 9.80 Å². The molecule has 4 atom stereocenters. The van der Waals surface area contributed by atoms with Gasteiger partial charge in [0.25, 0.3) is 0 Å². The largest absolute Gasteiger partial charge is 0.443 e. The highest BCUT2D eigenvalue weighted by molar-refractivity contribution is 6.50. The zero-order valence-corrected chi connectivity index (χ0v) is 36.6. The number of carbonyl (C=O) groups excluding carboxylic acids is 6. The molecular formula is C46H54Cl2N2O8. The number of hydrogen-bond acceptors (Lipinski definition) is 10. The summed E-state index contributed by atoms with van der Waals surface area (Å²) in [6.45, 7) is 18.2. The molecule has 0 N–H and O–H groups in total. The molecule has 58 heavy (non-hydrogen) atoms. The van der Waals surface area contributed by atoms with Gasteiger partial charge in [0, 0.05) is 73.0 Å². The number of allylic oxidation sites excluding steroid dienone is 12. The third-order valence-corrected chi connectivity index (χ3v) is 11.4. The van der Waals surface area contributed by atoms with Gasteiger partial charge in [0.1, 0.15) is 0 Å². The zero-order valence-electron chi connectivity index (χ0n) is 35.1. The predicted molar refractivity (Wildman–Crippen MR) is 226 cm³/mol. The Balaban J connectivity index is 1.69. The fourth-order valence-corrected chi connectivity index (χ4v) is 7.68. The van der Waals surface area contributed by atoms with Gasteiger partial charge in [0.15, 0.2) is 0 Å². The summed E-state index contributed by atoms with van der Waals surface area (Å²) in [5, 5.41) is -0.381. The van der Waals surface area contributed by atoms with Gasteiger partial charge in [-0.3, -0.25) is 28.8 Å². The Morgan fingerprint density at radius 3 is 1.31 bits per heavy atom. The summed E-state index contributed by atoms with van der Waals surface area (Å²) < 4.78 is 10.5. The summed E-state index contributed by atoms with van der Waals surface area (Å²) in [6, 6.07) is 0. The van der Waals surface area contributed by atoms with Crippen LogP contribution in [0.1, 0.15) is 94.9 Å². The van der Waals surface area contributed by atoms with Crippen LogP contribution in [0.25, 0.3) is 0 Å². The molecule has 2 aliphatic carbocycles. The van der Waals surface area contributed by atoms with Gasteiger partial charge in [-0.25, -0.2) is 0 Å². The average molecular weight is 834 g/mol.